The van der Waals surface area contributed by atoms with Gasteiger partial charge in [-0.2, -0.15) is 16.7 Å². The number of thioether (sulfide) groups is 1. The van der Waals surface area contributed by atoms with Crippen molar-refractivity contribution in [3.63, 3.8) is 0 Å². The van der Waals surface area contributed by atoms with Crippen LogP contribution in [0.25, 0.3) is 0 Å². The molecule has 2 unspecified atom stereocenters. The number of nitrogens with one attached hydrogen (secondary N) is 2. The number of hydrogen-bond acceptors (Lipinski definition) is 5. The molecule has 2 atom stereocenters. The Balaban J connectivity index is 1.98. The van der Waals surface area contributed by atoms with E-state index >= 15 is 0 Å². The maximum absolute atomic E-state index is 4.58. The number of aromatic nitrogens is 2. The van der Waals surface area contributed by atoms with Crippen LogP contribution in [0, 0.1) is 6.92 Å². The second-order valence-electron chi connectivity index (χ2n) is 5.16. The maximum atomic E-state index is 4.58. The molecule has 1 aromatic heterocycles. The first-order valence-corrected chi connectivity index (χ1v) is 8.38. The molecule has 1 saturated carbocycles. The normalized spacial score (nSPS) is 22.5. The minimum absolute atomic E-state index is 0.560. The first-order valence-electron chi connectivity index (χ1n) is 7.09. The van der Waals surface area contributed by atoms with Gasteiger partial charge in [-0.3, -0.25) is 0 Å². The number of aryl methyl sites for hydroxylation is 1. The van der Waals surface area contributed by atoms with E-state index in [0.29, 0.717) is 6.04 Å². The smallest absolute Gasteiger partial charge is 0.224 e. The Morgan fingerprint density at radius 3 is 2.95 bits per heavy atom. The van der Waals surface area contributed by atoms with Crippen molar-refractivity contribution in [2.24, 2.45) is 0 Å². The third-order valence-electron chi connectivity index (χ3n) is 3.56. The lowest BCUT2D eigenvalue weighted by atomic mass is 10.2. The van der Waals surface area contributed by atoms with E-state index in [4.69, 9.17) is 0 Å². The van der Waals surface area contributed by atoms with Gasteiger partial charge in [0.25, 0.3) is 0 Å². The molecular weight excluding hydrogens is 256 g/mol. The lowest BCUT2D eigenvalue weighted by molar-refractivity contribution is 0.749. The highest BCUT2D eigenvalue weighted by Gasteiger charge is 2.24. The molecule has 19 heavy (non-hydrogen) atoms. The second kappa shape index (κ2) is 6.98. The van der Waals surface area contributed by atoms with Gasteiger partial charge in [-0.25, -0.2) is 4.98 Å². The largest absolute Gasteiger partial charge is 0.367 e. The molecule has 0 radical (unpaired) electrons. The van der Waals surface area contributed by atoms with Gasteiger partial charge in [0.2, 0.25) is 5.95 Å². The van der Waals surface area contributed by atoms with Crippen molar-refractivity contribution < 1.29 is 0 Å². The minimum atomic E-state index is 0.560. The summed E-state index contributed by atoms with van der Waals surface area (Å²) in [6.07, 6.45) is 8.97. The van der Waals surface area contributed by atoms with Crippen molar-refractivity contribution in [2.45, 2.75) is 50.8 Å². The highest BCUT2D eigenvalue weighted by Crippen LogP contribution is 2.30. The van der Waals surface area contributed by atoms with Crippen molar-refractivity contribution in [3.8, 4) is 0 Å². The van der Waals surface area contributed by atoms with Crippen LogP contribution in [0.4, 0.5) is 11.8 Å². The molecular formula is C14H24N4S. The number of hydrogen-bond donors (Lipinski definition) is 2. The van der Waals surface area contributed by atoms with Crippen LogP contribution in [0.15, 0.2) is 6.20 Å². The van der Waals surface area contributed by atoms with Gasteiger partial charge in [0.15, 0.2) is 0 Å². The summed E-state index contributed by atoms with van der Waals surface area (Å²) in [6.45, 7) is 5.12. The van der Waals surface area contributed by atoms with Crippen molar-refractivity contribution in [1.29, 1.82) is 0 Å². The van der Waals surface area contributed by atoms with Crippen LogP contribution in [0.5, 0.6) is 0 Å². The SMILES string of the molecule is CCCNc1ncc(C)c(NC2CCC(SC)C2)n1. The average Bonchev–Trinajstić information content (AvgIpc) is 2.87. The van der Waals surface area contributed by atoms with Crippen molar-refractivity contribution in [2.75, 3.05) is 23.4 Å². The van der Waals surface area contributed by atoms with Gasteiger partial charge in [-0.1, -0.05) is 6.92 Å². The second-order valence-corrected chi connectivity index (χ2v) is 6.30. The summed E-state index contributed by atoms with van der Waals surface area (Å²) in [4.78, 5) is 8.90. The number of nitrogens with zero attached hydrogens (tertiary/aromatic N) is 2. The number of anilines is 2. The highest BCUT2D eigenvalue weighted by atomic mass is 32.2. The van der Waals surface area contributed by atoms with Crippen LogP contribution in [-0.4, -0.2) is 34.1 Å². The van der Waals surface area contributed by atoms with Crippen molar-refractivity contribution in [1.82, 2.24) is 9.97 Å². The van der Waals surface area contributed by atoms with E-state index in [1.807, 2.05) is 18.0 Å². The first-order chi connectivity index (χ1) is 9.22. The molecule has 2 rings (SSSR count). The van der Waals surface area contributed by atoms with E-state index in [1.165, 1.54) is 19.3 Å². The quantitative estimate of drug-likeness (QED) is 0.837. The van der Waals surface area contributed by atoms with Crippen molar-refractivity contribution in [3.05, 3.63) is 11.8 Å². The fourth-order valence-corrected chi connectivity index (χ4v) is 3.19. The molecule has 0 bridgehead atoms. The molecule has 1 heterocycles. The van der Waals surface area contributed by atoms with E-state index in [0.717, 1.165) is 35.5 Å². The summed E-state index contributed by atoms with van der Waals surface area (Å²) in [5, 5.41) is 7.63. The van der Waals surface area contributed by atoms with Crippen LogP contribution in [0.1, 0.15) is 38.2 Å². The predicted octanol–water partition coefficient (Wildman–Crippen LogP) is 3.30. The van der Waals surface area contributed by atoms with Gasteiger partial charge in [0.1, 0.15) is 5.82 Å². The van der Waals surface area contributed by atoms with Crippen LogP contribution in [0.3, 0.4) is 0 Å². The van der Waals surface area contributed by atoms with E-state index in [9.17, 15) is 0 Å². The zero-order chi connectivity index (χ0) is 13.7. The zero-order valence-corrected chi connectivity index (χ0v) is 12.9. The monoisotopic (exact) mass is 280 g/mol. The molecule has 106 valence electrons. The lowest BCUT2D eigenvalue weighted by Crippen LogP contribution is -2.18. The molecule has 0 amide bonds. The third-order valence-corrected chi connectivity index (χ3v) is 4.66. The van der Waals surface area contributed by atoms with Gasteiger partial charge in [-0.05, 0) is 38.9 Å². The van der Waals surface area contributed by atoms with Gasteiger partial charge < -0.3 is 10.6 Å². The molecule has 2 N–H and O–H groups in total. The topological polar surface area (TPSA) is 49.8 Å². The lowest BCUT2D eigenvalue weighted by Gasteiger charge is -2.16. The molecule has 0 spiro atoms. The molecule has 0 saturated heterocycles. The Morgan fingerprint density at radius 2 is 2.26 bits per heavy atom. The van der Waals surface area contributed by atoms with Gasteiger partial charge in [0.05, 0.1) is 0 Å². The van der Waals surface area contributed by atoms with E-state index in [2.05, 4.69) is 40.7 Å². The molecule has 1 fully saturated rings. The Bertz CT molecular complexity index is 410. The predicted molar refractivity (Wildman–Crippen MR) is 84.1 cm³/mol. The summed E-state index contributed by atoms with van der Waals surface area (Å²) in [5.74, 6) is 1.72. The van der Waals surface area contributed by atoms with Crippen molar-refractivity contribution >= 4 is 23.5 Å². The summed E-state index contributed by atoms with van der Waals surface area (Å²) in [5.41, 5.74) is 1.12. The maximum Gasteiger partial charge on any atom is 0.224 e. The standard InChI is InChI=1S/C14H24N4S/c1-4-7-15-14-16-9-10(2)13(18-14)17-11-5-6-12(8-11)19-3/h9,11-12H,4-8H2,1-3H3,(H2,15,16,17,18). The zero-order valence-electron chi connectivity index (χ0n) is 12.1. The molecule has 1 aliphatic carbocycles. The Hall–Kier alpha value is -0.970. The third kappa shape index (κ3) is 4.00. The average molecular weight is 280 g/mol. The Morgan fingerprint density at radius 1 is 1.42 bits per heavy atom. The molecule has 1 aliphatic rings. The Kier molecular flexibility index (Phi) is 5.31. The molecule has 5 heteroatoms. The van der Waals surface area contributed by atoms with Crippen LogP contribution >= 0.6 is 11.8 Å². The van der Waals surface area contributed by atoms with Crippen LogP contribution < -0.4 is 10.6 Å². The number of rotatable bonds is 6. The minimum Gasteiger partial charge on any atom is -0.367 e. The van der Waals surface area contributed by atoms with E-state index < -0.39 is 0 Å². The van der Waals surface area contributed by atoms with E-state index in [1.54, 1.807) is 0 Å². The molecule has 0 aliphatic heterocycles. The molecule has 0 aromatic carbocycles. The van der Waals surface area contributed by atoms with Crippen LogP contribution in [-0.2, 0) is 0 Å². The highest BCUT2D eigenvalue weighted by molar-refractivity contribution is 7.99. The Labute approximate surface area is 120 Å². The molecule has 4 nitrogen and oxygen atoms in total. The van der Waals surface area contributed by atoms with Crippen LogP contribution in [0.2, 0.25) is 0 Å². The summed E-state index contributed by atoms with van der Waals surface area (Å²) >= 11 is 1.98. The summed E-state index contributed by atoms with van der Waals surface area (Å²) in [6, 6.07) is 0.560. The fraction of sp³-hybridized carbons (Fsp3) is 0.714. The first kappa shape index (κ1) is 14.4. The van der Waals surface area contributed by atoms with Gasteiger partial charge in [0, 0.05) is 29.6 Å². The van der Waals surface area contributed by atoms with E-state index in [-0.39, 0.29) is 0 Å². The summed E-state index contributed by atoms with van der Waals surface area (Å²) in [7, 11) is 0. The fourth-order valence-electron chi connectivity index (χ4n) is 2.39. The molecule has 1 aromatic rings. The van der Waals surface area contributed by atoms with Gasteiger partial charge in [-0.15, -0.1) is 0 Å². The van der Waals surface area contributed by atoms with Gasteiger partial charge >= 0.3 is 0 Å². The summed E-state index contributed by atoms with van der Waals surface area (Å²) < 4.78 is 0.